The van der Waals surface area contributed by atoms with Gasteiger partial charge in [-0.25, -0.2) is 4.79 Å². The van der Waals surface area contributed by atoms with E-state index in [0.717, 1.165) is 17.7 Å². The number of ether oxygens (including phenoxy) is 1. The molecule has 3 rings (SSSR count). The molecule has 1 amide bonds. The first kappa shape index (κ1) is 12.7. The topological polar surface area (TPSA) is 29.5 Å². The van der Waals surface area contributed by atoms with E-state index in [4.69, 9.17) is 4.74 Å². The van der Waals surface area contributed by atoms with E-state index in [-0.39, 0.29) is 6.09 Å². The lowest BCUT2D eigenvalue weighted by atomic mass is 10.1. The van der Waals surface area contributed by atoms with Gasteiger partial charge in [0.25, 0.3) is 0 Å². The van der Waals surface area contributed by atoms with Crippen molar-refractivity contribution in [3.8, 4) is 0 Å². The summed E-state index contributed by atoms with van der Waals surface area (Å²) in [6.45, 7) is 3.08. The summed E-state index contributed by atoms with van der Waals surface area (Å²) >= 11 is 0. The van der Waals surface area contributed by atoms with Gasteiger partial charge in [0.05, 0.1) is 5.69 Å². The molecule has 0 radical (unpaired) electrons. The molecule has 0 saturated heterocycles. The highest BCUT2D eigenvalue weighted by molar-refractivity contribution is 5.90. The molecule has 0 bridgehead atoms. The van der Waals surface area contributed by atoms with Crippen LogP contribution in [-0.2, 0) is 17.8 Å². The SMILES string of the molecule is Cc1ccc2c(c1)CCN2C(=O)OCc1ccccc1. The zero-order valence-electron chi connectivity index (χ0n) is 11.5. The molecule has 0 aromatic heterocycles. The van der Waals surface area contributed by atoms with Crippen molar-refractivity contribution in [2.75, 3.05) is 11.4 Å². The van der Waals surface area contributed by atoms with Gasteiger partial charge in [-0.05, 0) is 30.5 Å². The van der Waals surface area contributed by atoms with Crippen LogP contribution in [0.1, 0.15) is 16.7 Å². The lowest BCUT2D eigenvalue weighted by Gasteiger charge is -2.17. The molecule has 0 unspecified atom stereocenters. The molecule has 2 aromatic carbocycles. The summed E-state index contributed by atoms with van der Waals surface area (Å²) in [5.74, 6) is 0. The zero-order valence-corrected chi connectivity index (χ0v) is 11.5. The average molecular weight is 267 g/mol. The van der Waals surface area contributed by atoms with Crippen LogP contribution in [0, 0.1) is 6.92 Å². The van der Waals surface area contributed by atoms with Crippen molar-refractivity contribution in [2.45, 2.75) is 20.0 Å². The first-order valence-corrected chi connectivity index (χ1v) is 6.82. The Morgan fingerprint density at radius 3 is 2.80 bits per heavy atom. The first-order valence-electron chi connectivity index (χ1n) is 6.82. The first-order chi connectivity index (χ1) is 9.74. The van der Waals surface area contributed by atoms with Gasteiger partial charge < -0.3 is 4.74 Å². The fraction of sp³-hybridized carbons (Fsp3) is 0.235. The highest BCUT2D eigenvalue weighted by Gasteiger charge is 2.25. The third kappa shape index (κ3) is 2.52. The normalized spacial score (nSPS) is 13.2. The van der Waals surface area contributed by atoms with Crippen LogP contribution in [0.2, 0.25) is 0 Å². The maximum absolute atomic E-state index is 12.2. The zero-order chi connectivity index (χ0) is 13.9. The smallest absolute Gasteiger partial charge is 0.414 e. The molecule has 3 nitrogen and oxygen atoms in total. The summed E-state index contributed by atoms with van der Waals surface area (Å²) < 4.78 is 5.39. The molecule has 0 N–H and O–H groups in total. The Morgan fingerprint density at radius 1 is 1.20 bits per heavy atom. The monoisotopic (exact) mass is 267 g/mol. The molecule has 1 heterocycles. The molecule has 1 aliphatic rings. The number of benzene rings is 2. The molecule has 2 aromatic rings. The molecule has 102 valence electrons. The maximum Gasteiger partial charge on any atom is 0.414 e. The van der Waals surface area contributed by atoms with Crippen LogP contribution >= 0.6 is 0 Å². The van der Waals surface area contributed by atoms with Crippen molar-refractivity contribution in [2.24, 2.45) is 0 Å². The Kier molecular flexibility index (Phi) is 3.42. The Bertz CT molecular complexity index is 622. The van der Waals surface area contributed by atoms with Crippen LogP contribution in [0.4, 0.5) is 10.5 Å². The van der Waals surface area contributed by atoms with Gasteiger partial charge in [-0.2, -0.15) is 0 Å². The van der Waals surface area contributed by atoms with Crippen molar-refractivity contribution >= 4 is 11.8 Å². The van der Waals surface area contributed by atoms with Gasteiger partial charge in [-0.3, -0.25) is 4.90 Å². The second-order valence-electron chi connectivity index (χ2n) is 5.07. The largest absolute Gasteiger partial charge is 0.444 e. The second-order valence-corrected chi connectivity index (χ2v) is 5.07. The minimum absolute atomic E-state index is 0.267. The average Bonchev–Trinajstić information content (AvgIpc) is 2.89. The van der Waals surface area contributed by atoms with Crippen LogP contribution in [0.3, 0.4) is 0 Å². The second kappa shape index (κ2) is 5.37. The van der Waals surface area contributed by atoms with Crippen LogP contribution in [0.15, 0.2) is 48.5 Å². The fourth-order valence-electron chi connectivity index (χ4n) is 2.52. The van der Waals surface area contributed by atoms with Crippen molar-refractivity contribution in [1.29, 1.82) is 0 Å². The predicted molar refractivity (Wildman–Crippen MR) is 78.9 cm³/mol. The van der Waals surface area contributed by atoms with Crippen molar-refractivity contribution in [3.63, 3.8) is 0 Å². The number of hydrogen-bond acceptors (Lipinski definition) is 2. The molecule has 20 heavy (non-hydrogen) atoms. The molecule has 0 aliphatic carbocycles. The summed E-state index contributed by atoms with van der Waals surface area (Å²) in [5, 5.41) is 0. The van der Waals surface area contributed by atoms with Gasteiger partial charge in [0.1, 0.15) is 6.61 Å². The molecular formula is C17H17NO2. The van der Waals surface area contributed by atoms with Gasteiger partial charge >= 0.3 is 6.09 Å². The van der Waals surface area contributed by atoms with Crippen LogP contribution in [0.25, 0.3) is 0 Å². The number of hydrogen-bond donors (Lipinski definition) is 0. The lowest BCUT2D eigenvalue weighted by Crippen LogP contribution is -2.29. The molecule has 0 spiro atoms. The molecule has 0 atom stereocenters. The van der Waals surface area contributed by atoms with E-state index >= 15 is 0 Å². The Hall–Kier alpha value is -2.29. The van der Waals surface area contributed by atoms with Gasteiger partial charge in [0.2, 0.25) is 0 Å². The summed E-state index contributed by atoms with van der Waals surface area (Å²) in [4.78, 5) is 13.9. The predicted octanol–water partition coefficient (Wildman–Crippen LogP) is 3.69. The van der Waals surface area contributed by atoms with E-state index in [9.17, 15) is 4.79 Å². The van der Waals surface area contributed by atoms with Gasteiger partial charge in [0, 0.05) is 6.54 Å². The Balaban J connectivity index is 1.68. The van der Waals surface area contributed by atoms with Crippen LogP contribution in [-0.4, -0.2) is 12.6 Å². The minimum atomic E-state index is -0.267. The van der Waals surface area contributed by atoms with E-state index in [1.54, 1.807) is 4.90 Å². The third-order valence-corrected chi connectivity index (χ3v) is 3.56. The summed E-state index contributed by atoms with van der Waals surface area (Å²) in [7, 11) is 0. The standard InChI is InChI=1S/C17H17NO2/c1-13-7-8-16-15(11-13)9-10-18(16)17(19)20-12-14-5-3-2-4-6-14/h2-8,11H,9-10,12H2,1H3. The highest BCUT2D eigenvalue weighted by Crippen LogP contribution is 2.29. The van der Waals surface area contributed by atoms with Crippen molar-refractivity contribution < 1.29 is 9.53 Å². The number of anilines is 1. The van der Waals surface area contributed by atoms with E-state index in [2.05, 4.69) is 13.0 Å². The Morgan fingerprint density at radius 2 is 2.00 bits per heavy atom. The molecule has 0 fully saturated rings. The quantitative estimate of drug-likeness (QED) is 0.830. The lowest BCUT2D eigenvalue weighted by molar-refractivity contribution is 0.147. The number of fused-ring (bicyclic) bond motifs is 1. The summed E-state index contributed by atoms with van der Waals surface area (Å²) in [6, 6.07) is 15.9. The van der Waals surface area contributed by atoms with E-state index in [1.165, 1.54) is 11.1 Å². The van der Waals surface area contributed by atoms with Crippen LogP contribution in [0.5, 0.6) is 0 Å². The van der Waals surface area contributed by atoms with Crippen molar-refractivity contribution in [1.82, 2.24) is 0 Å². The van der Waals surface area contributed by atoms with Crippen LogP contribution < -0.4 is 4.90 Å². The fourth-order valence-corrected chi connectivity index (χ4v) is 2.52. The number of rotatable bonds is 2. The van der Waals surface area contributed by atoms with Gasteiger partial charge in [0.15, 0.2) is 0 Å². The number of nitrogens with zero attached hydrogens (tertiary/aromatic N) is 1. The van der Waals surface area contributed by atoms with Gasteiger partial charge in [-0.1, -0.05) is 48.0 Å². The van der Waals surface area contributed by atoms with E-state index < -0.39 is 0 Å². The molecule has 0 saturated carbocycles. The molecule has 3 heteroatoms. The van der Waals surface area contributed by atoms with Crippen molar-refractivity contribution in [3.05, 3.63) is 65.2 Å². The maximum atomic E-state index is 12.2. The van der Waals surface area contributed by atoms with E-state index in [0.29, 0.717) is 13.2 Å². The number of carbonyl (C=O) groups excluding carboxylic acids is 1. The number of carbonyl (C=O) groups is 1. The third-order valence-electron chi connectivity index (χ3n) is 3.56. The summed E-state index contributed by atoms with van der Waals surface area (Å²) in [6.07, 6.45) is 0.633. The minimum Gasteiger partial charge on any atom is -0.444 e. The molecular weight excluding hydrogens is 250 g/mol. The highest BCUT2D eigenvalue weighted by atomic mass is 16.6. The summed E-state index contributed by atoms with van der Waals surface area (Å²) in [5.41, 5.74) is 4.43. The molecule has 1 aliphatic heterocycles. The number of aryl methyl sites for hydroxylation is 1. The van der Waals surface area contributed by atoms with E-state index in [1.807, 2.05) is 42.5 Å². The number of amides is 1. The Labute approximate surface area is 118 Å². The van der Waals surface area contributed by atoms with Gasteiger partial charge in [-0.15, -0.1) is 0 Å².